The molecule has 158 valence electrons. The Bertz CT molecular complexity index is 985. The molecule has 1 aliphatic heterocycles. The predicted molar refractivity (Wildman–Crippen MR) is 119 cm³/mol. The highest BCUT2D eigenvalue weighted by atomic mass is 32.1. The molecule has 0 spiro atoms. The second-order valence-electron chi connectivity index (χ2n) is 7.04. The largest absolute Gasteiger partial charge is 0.490 e. The van der Waals surface area contributed by atoms with Crippen molar-refractivity contribution in [2.75, 3.05) is 44.3 Å². The van der Waals surface area contributed by atoms with E-state index in [1.807, 2.05) is 41.5 Å². The number of amides is 1. The lowest BCUT2D eigenvalue weighted by molar-refractivity contribution is -0.131. The van der Waals surface area contributed by atoms with Crippen molar-refractivity contribution in [2.24, 2.45) is 0 Å². The van der Waals surface area contributed by atoms with E-state index in [4.69, 9.17) is 9.47 Å². The molecule has 8 heteroatoms. The van der Waals surface area contributed by atoms with E-state index < -0.39 is 0 Å². The minimum atomic E-state index is 0.180. The van der Waals surface area contributed by atoms with Crippen LogP contribution in [0.25, 0.3) is 10.2 Å². The van der Waals surface area contributed by atoms with Crippen molar-refractivity contribution in [3.05, 3.63) is 42.0 Å². The monoisotopic (exact) mass is 426 g/mol. The van der Waals surface area contributed by atoms with Gasteiger partial charge in [0.05, 0.1) is 18.6 Å². The summed E-state index contributed by atoms with van der Waals surface area (Å²) < 4.78 is 11.4. The number of aromatic nitrogens is 2. The number of para-hydroxylation sites is 2. The van der Waals surface area contributed by atoms with Crippen LogP contribution >= 0.6 is 11.3 Å². The molecule has 3 heterocycles. The van der Waals surface area contributed by atoms with Crippen molar-refractivity contribution < 1.29 is 14.3 Å². The fourth-order valence-electron chi connectivity index (χ4n) is 3.60. The summed E-state index contributed by atoms with van der Waals surface area (Å²) in [5, 5.41) is 3.13. The Labute approximate surface area is 180 Å². The van der Waals surface area contributed by atoms with Crippen LogP contribution in [0.3, 0.4) is 0 Å². The maximum atomic E-state index is 12.6. The van der Waals surface area contributed by atoms with E-state index in [1.165, 1.54) is 0 Å². The summed E-state index contributed by atoms with van der Waals surface area (Å²) in [5.74, 6) is 2.62. The summed E-state index contributed by atoms with van der Waals surface area (Å²) in [5.41, 5.74) is 0. The number of benzene rings is 1. The SMILES string of the molecule is CCOc1ccccc1OCCCC(=O)N1CCN(c2ncnc3sccc23)CC1. The molecule has 1 saturated heterocycles. The minimum Gasteiger partial charge on any atom is -0.490 e. The van der Waals surface area contributed by atoms with Crippen LogP contribution in [0.5, 0.6) is 11.5 Å². The van der Waals surface area contributed by atoms with Gasteiger partial charge in [-0.05, 0) is 36.9 Å². The zero-order valence-corrected chi connectivity index (χ0v) is 17.9. The molecule has 1 fully saturated rings. The number of nitrogens with zero attached hydrogens (tertiary/aromatic N) is 4. The van der Waals surface area contributed by atoms with E-state index in [0.29, 0.717) is 39.1 Å². The second-order valence-corrected chi connectivity index (χ2v) is 7.93. The van der Waals surface area contributed by atoms with Crippen LogP contribution in [-0.4, -0.2) is 60.2 Å². The highest BCUT2D eigenvalue weighted by Crippen LogP contribution is 2.28. The number of rotatable bonds is 8. The summed E-state index contributed by atoms with van der Waals surface area (Å²) in [4.78, 5) is 26.6. The molecule has 30 heavy (non-hydrogen) atoms. The van der Waals surface area contributed by atoms with Crippen LogP contribution in [0.2, 0.25) is 0 Å². The highest BCUT2D eigenvalue weighted by molar-refractivity contribution is 7.16. The van der Waals surface area contributed by atoms with E-state index in [1.54, 1.807) is 17.7 Å². The predicted octanol–water partition coefficient (Wildman–Crippen LogP) is 3.60. The van der Waals surface area contributed by atoms with Crippen LogP contribution in [-0.2, 0) is 4.79 Å². The Balaban J connectivity index is 1.23. The molecular weight excluding hydrogens is 400 g/mol. The number of fused-ring (bicyclic) bond motifs is 1. The third-order valence-corrected chi connectivity index (χ3v) is 5.93. The number of piperazine rings is 1. The van der Waals surface area contributed by atoms with Gasteiger partial charge in [0.1, 0.15) is 17.0 Å². The third kappa shape index (κ3) is 4.64. The first-order valence-corrected chi connectivity index (χ1v) is 11.2. The summed E-state index contributed by atoms with van der Waals surface area (Å²) in [6.07, 6.45) is 2.79. The normalized spacial score (nSPS) is 14.2. The van der Waals surface area contributed by atoms with Gasteiger partial charge in [-0.25, -0.2) is 9.97 Å². The summed E-state index contributed by atoms with van der Waals surface area (Å²) in [6.45, 7) is 6.02. The molecule has 3 aromatic rings. The highest BCUT2D eigenvalue weighted by Gasteiger charge is 2.23. The smallest absolute Gasteiger partial charge is 0.222 e. The van der Waals surface area contributed by atoms with E-state index in [9.17, 15) is 4.79 Å². The lowest BCUT2D eigenvalue weighted by Crippen LogP contribution is -2.49. The maximum absolute atomic E-state index is 12.6. The van der Waals surface area contributed by atoms with Gasteiger partial charge in [-0.1, -0.05) is 12.1 Å². The first-order chi connectivity index (χ1) is 14.8. The standard InChI is InChI=1S/C22H26N4O3S/c1-2-28-18-6-3-4-7-19(18)29-14-5-8-20(27)25-10-12-26(13-11-25)21-17-9-15-30-22(17)24-16-23-21/h3-4,6-7,9,15-16H,2,5,8,10-14H2,1H3. The first-order valence-electron chi connectivity index (χ1n) is 10.3. The molecule has 0 bridgehead atoms. The Morgan fingerprint density at radius 3 is 2.60 bits per heavy atom. The number of carbonyl (C=O) groups excluding carboxylic acids is 1. The van der Waals surface area contributed by atoms with Gasteiger partial charge in [-0.2, -0.15) is 0 Å². The lowest BCUT2D eigenvalue weighted by Gasteiger charge is -2.35. The average molecular weight is 427 g/mol. The van der Waals surface area contributed by atoms with Crippen molar-refractivity contribution in [2.45, 2.75) is 19.8 Å². The van der Waals surface area contributed by atoms with Crippen LogP contribution in [0.1, 0.15) is 19.8 Å². The molecule has 7 nitrogen and oxygen atoms in total. The van der Waals surface area contributed by atoms with Crippen molar-refractivity contribution in [3.8, 4) is 11.5 Å². The topological polar surface area (TPSA) is 67.8 Å². The number of thiophene rings is 1. The maximum Gasteiger partial charge on any atom is 0.222 e. The Kier molecular flexibility index (Phi) is 6.63. The van der Waals surface area contributed by atoms with Crippen LogP contribution in [0.4, 0.5) is 5.82 Å². The molecule has 0 atom stereocenters. The summed E-state index contributed by atoms with van der Waals surface area (Å²) in [6, 6.07) is 9.70. The van der Waals surface area contributed by atoms with E-state index >= 15 is 0 Å². The van der Waals surface area contributed by atoms with Gasteiger partial charge in [-0.3, -0.25) is 4.79 Å². The Morgan fingerprint density at radius 1 is 1.07 bits per heavy atom. The molecule has 1 amide bonds. The fourth-order valence-corrected chi connectivity index (χ4v) is 4.33. The van der Waals surface area contributed by atoms with E-state index in [-0.39, 0.29) is 5.91 Å². The molecule has 0 radical (unpaired) electrons. The van der Waals surface area contributed by atoms with Crippen molar-refractivity contribution in [3.63, 3.8) is 0 Å². The second kappa shape index (κ2) is 9.75. The van der Waals surface area contributed by atoms with Gasteiger partial charge in [0.15, 0.2) is 11.5 Å². The van der Waals surface area contributed by atoms with Gasteiger partial charge in [-0.15, -0.1) is 11.3 Å². The van der Waals surface area contributed by atoms with Crippen molar-refractivity contribution in [1.82, 2.24) is 14.9 Å². The molecule has 0 saturated carbocycles. The van der Waals surface area contributed by atoms with Crippen LogP contribution < -0.4 is 14.4 Å². The summed E-state index contributed by atoms with van der Waals surface area (Å²) in [7, 11) is 0. The van der Waals surface area contributed by atoms with Gasteiger partial charge >= 0.3 is 0 Å². The van der Waals surface area contributed by atoms with Gasteiger partial charge in [0.2, 0.25) is 5.91 Å². The number of hydrogen-bond donors (Lipinski definition) is 0. The Hall–Kier alpha value is -2.87. The average Bonchev–Trinajstić information content (AvgIpc) is 3.27. The van der Waals surface area contributed by atoms with E-state index in [0.717, 1.165) is 40.6 Å². The zero-order valence-electron chi connectivity index (χ0n) is 17.1. The number of anilines is 1. The van der Waals surface area contributed by atoms with Gasteiger partial charge in [0.25, 0.3) is 0 Å². The van der Waals surface area contributed by atoms with Crippen molar-refractivity contribution in [1.29, 1.82) is 0 Å². The molecular formula is C22H26N4O3S. The molecule has 1 aliphatic rings. The lowest BCUT2D eigenvalue weighted by atomic mass is 10.2. The molecule has 1 aromatic carbocycles. The molecule has 2 aromatic heterocycles. The number of carbonyl (C=O) groups is 1. The number of hydrogen-bond acceptors (Lipinski definition) is 7. The Morgan fingerprint density at radius 2 is 1.83 bits per heavy atom. The molecule has 0 unspecified atom stereocenters. The van der Waals surface area contributed by atoms with E-state index in [2.05, 4.69) is 20.9 Å². The van der Waals surface area contributed by atoms with Gasteiger partial charge in [0, 0.05) is 32.6 Å². The third-order valence-electron chi connectivity index (χ3n) is 5.11. The van der Waals surface area contributed by atoms with Crippen molar-refractivity contribution >= 4 is 33.3 Å². The molecule has 4 rings (SSSR count). The molecule has 0 aliphatic carbocycles. The summed E-state index contributed by atoms with van der Waals surface area (Å²) >= 11 is 1.62. The quantitative estimate of drug-likeness (QED) is 0.513. The first kappa shape index (κ1) is 20.4. The number of ether oxygens (including phenoxy) is 2. The van der Waals surface area contributed by atoms with Crippen LogP contribution in [0, 0.1) is 0 Å². The fraction of sp³-hybridized carbons (Fsp3) is 0.409. The van der Waals surface area contributed by atoms with Crippen LogP contribution in [0.15, 0.2) is 42.0 Å². The molecule has 0 N–H and O–H groups in total. The zero-order chi connectivity index (χ0) is 20.8. The minimum absolute atomic E-state index is 0.180. The van der Waals surface area contributed by atoms with Gasteiger partial charge < -0.3 is 19.3 Å².